The van der Waals surface area contributed by atoms with E-state index in [0.717, 1.165) is 0 Å². The van der Waals surface area contributed by atoms with Gasteiger partial charge >= 0.3 is 23.8 Å². The second-order valence-electron chi connectivity index (χ2n) is 7.28. The summed E-state index contributed by atoms with van der Waals surface area (Å²) < 4.78 is 23.3. The number of esters is 1. The minimum absolute atomic E-state index is 0.0520. The number of para-hydroxylation sites is 1. The number of anilines is 2. The molecule has 1 heterocycles. The smallest absolute Gasteiger partial charge is 0.328 e. The van der Waals surface area contributed by atoms with Crippen LogP contribution in [0.2, 0.25) is 0 Å². The van der Waals surface area contributed by atoms with Gasteiger partial charge in [0, 0.05) is 11.3 Å². The molecule has 0 bridgehead atoms. The zero-order valence-electron chi connectivity index (χ0n) is 18.1. The largest absolute Gasteiger partial charge is 0.467 e. The molecule has 3 rings (SSSR count). The van der Waals surface area contributed by atoms with Crippen molar-refractivity contribution in [2.45, 2.75) is 19.9 Å². The van der Waals surface area contributed by atoms with Crippen LogP contribution in [0.1, 0.15) is 24.5 Å². The quantitative estimate of drug-likeness (QED) is 0.464. The van der Waals surface area contributed by atoms with E-state index in [-0.39, 0.29) is 23.3 Å². The van der Waals surface area contributed by atoms with Gasteiger partial charge in [0.25, 0.3) is 0 Å². The third-order valence-electron chi connectivity index (χ3n) is 4.55. The minimum atomic E-state index is -0.862. The lowest BCUT2D eigenvalue weighted by Gasteiger charge is -2.18. The molecule has 1 atom stereocenters. The first kappa shape index (κ1) is 23.4. The molecule has 33 heavy (non-hydrogen) atoms. The van der Waals surface area contributed by atoms with Crippen molar-refractivity contribution in [1.82, 2.24) is 15.5 Å². The number of nitrogens with one attached hydrogen (secondary N) is 3. The van der Waals surface area contributed by atoms with E-state index < -0.39 is 29.8 Å². The Morgan fingerprint density at radius 3 is 2.36 bits per heavy atom. The van der Waals surface area contributed by atoms with Crippen LogP contribution in [0, 0.1) is 11.7 Å². The van der Waals surface area contributed by atoms with Crippen LogP contribution >= 0.6 is 0 Å². The van der Waals surface area contributed by atoms with E-state index >= 15 is 0 Å². The van der Waals surface area contributed by atoms with Gasteiger partial charge in [-0.3, -0.25) is 4.79 Å². The van der Waals surface area contributed by atoms with Crippen molar-refractivity contribution < 1.29 is 28.0 Å². The van der Waals surface area contributed by atoms with Crippen molar-refractivity contribution in [3.8, 4) is 11.4 Å². The highest BCUT2D eigenvalue weighted by Crippen LogP contribution is 2.20. The summed E-state index contributed by atoms with van der Waals surface area (Å²) >= 11 is 0. The number of rotatable bonds is 7. The number of nitrogens with zero attached hydrogens (tertiary/aromatic N) is 2. The number of carbonyl (C=O) groups is 3. The number of aromatic nitrogens is 2. The summed E-state index contributed by atoms with van der Waals surface area (Å²) in [4.78, 5) is 40.3. The molecule has 3 aromatic rings. The molecule has 0 saturated heterocycles. The van der Waals surface area contributed by atoms with Gasteiger partial charge in [0.15, 0.2) is 0 Å². The maximum atomic E-state index is 13.6. The Bertz CT molecular complexity index is 1150. The Kier molecular flexibility index (Phi) is 7.34. The summed E-state index contributed by atoms with van der Waals surface area (Å²) in [6, 6.07) is 10.7. The lowest BCUT2D eigenvalue weighted by atomic mass is 10.0. The summed E-state index contributed by atoms with van der Waals surface area (Å²) in [7, 11) is 1.23. The first-order chi connectivity index (χ1) is 15.8. The van der Waals surface area contributed by atoms with Crippen molar-refractivity contribution in [2.75, 3.05) is 17.7 Å². The molecule has 0 unspecified atom stereocenters. The number of methoxy groups -OCH3 is 1. The molecule has 0 aliphatic carbocycles. The molecule has 0 aliphatic heterocycles. The molecule has 0 spiro atoms. The van der Waals surface area contributed by atoms with Crippen molar-refractivity contribution in [3.63, 3.8) is 0 Å². The molecule has 172 valence electrons. The average Bonchev–Trinajstić information content (AvgIpc) is 3.29. The van der Waals surface area contributed by atoms with E-state index in [4.69, 9.17) is 4.52 Å². The van der Waals surface area contributed by atoms with Gasteiger partial charge in [0.05, 0.1) is 12.8 Å². The SMILES string of the molecule is COC(=O)[C@@H](NC(=O)c1nc(-c2ccc(NC(=O)Nc3ccccc3F)cc2)no1)C(C)C. The zero-order chi connectivity index (χ0) is 24.0. The summed E-state index contributed by atoms with van der Waals surface area (Å²) in [5.74, 6) is -2.22. The highest BCUT2D eigenvalue weighted by Gasteiger charge is 2.27. The molecule has 3 amide bonds. The van der Waals surface area contributed by atoms with Gasteiger partial charge in [-0.2, -0.15) is 4.98 Å². The number of halogens is 1. The summed E-state index contributed by atoms with van der Waals surface area (Å²) in [5, 5.41) is 11.3. The normalized spacial score (nSPS) is 11.5. The van der Waals surface area contributed by atoms with Gasteiger partial charge in [-0.15, -0.1) is 0 Å². The topological polar surface area (TPSA) is 135 Å². The minimum Gasteiger partial charge on any atom is -0.467 e. The maximum absolute atomic E-state index is 13.6. The first-order valence-electron chi connectivity index (χ1n) is 9.94. The third kappa shape index (κ3) is 5.91. The number of amides is 3. The van der Waals surface area contributed by atoms with E-state index in [1.807, 2.05) is 0 Å². The number of hydrogen-bond acceptors (Lipinski definition) is 7. The molecule has 11 heteroatoms. The average molecular weight is 455 g/mol. The fourth-order valence-corrected chi connectivity index (χ4v) is 2.81. The van der Waals surface area contributed by atoms with E-state index in [0.29, 0.717) is 11.3 Å². The van der Waals surface area contributed by atoms with Crippen LogP contribution in [-0.4, -0.2) is 41.2 Å². The van der Waals surface area contributed by atoms with Crippen molar-refractivity contribution >= 4 is 29.3 Å². The van der Waals surface area contributed by atoms with Gasteiger partial charge < -0.3 is 25.2 Å². The van der Waals surface area contributed by atoms with Crippen LogP contribution in [0.4, 0.5) is 20.6 Å². The predicted octanol–water partition coefficient (Wildman–Crippen LogP) is 3.45. The van der Waals surface area contributed by atoms with E-state index in [1.54, 1.807) is 44.2 Å². The zero-order valence-corrected chi connectivity index (χ0v) is 18.1. The van der Waals surface area contributed by atoms with E-state index in [9.17, 15) is 18.8 Å². The van der Waals surface area contributed by atoms with Gasteiger partial charge in [0.2, 0.25) is 5.82 Å². The van der Waals surface area contributed by atoms with Gasteiger partial charge in [0.1, 0.15) is 11.9 Å². The molecule has 0 fully saturated rings. The van der Waals surface area contributed by atoms with Crippen LogP contribution in [0.25, 0.3) is 11.4 Å². The predicted molar refractivity (Wildman–Crippen MR) is 117 cm³/mol. The molecular formula is C22H22FN5O5. The fraction of sp³-hybridized carbons (Fsp3) is 0.227. The maximum Gasteiger partial charge on any atom is 0.328 e. The Hall–Kier alpha value is -4.28. The van der Waals surface area contributed by atoms with Crippen molar-refractivity contribution in [3.05, 3.63) is 60.2 Å². The highest BCUT2D eigenvalue weighted by molar-refractivity contribution is 6.00. The molecule has 1 aromatic heterocycles. The van der Waals surface area contributed by atoms with Crippen LogP contribution in [0.3, 0.4) is 0 Å². The molecule has 0 radical (unpaired) electrons. The molecule has 10 nitrogen and oxygen atoms in total. The Morgan fingerprint density at radius 1 is 1.03 bits per heavy atom. The molecule has 0 aliphatic rings. The number of ether oxygens (including phenoxy) is 1. The summed E-state index contributed by atoms with van der Waals surface area (Å²) in [5.41, 5.74) is 1.01. The van der Waals surface area contributed by atoms with Gasteiger partial charge in [-0.25, -0.2) is 14.0 Å². The number of hydrogen-bond donors (Lipinski definition) is 3. The molecule has 0 saturated carbocycles. The molecule has 3 N–H and O–H groups in total. The van der Waals surface area contributed by atoms with Gasteiger partial charge in [-0.05, 0) is 42.3 Å². The van der Waals surface area contributed by atoms with Crippen LogP contribution in [0.5, 0.6) is 0 Å². The summed E-state index contributed by atoms with van der Waals surface area (Å²) in [6.07, 6.45) is 0. The third-order valence-corrected chi connectivity index (χ3v) is 4.55. The van der Waals surface area contributed by atoms with E-state index in [1.165, 1.54) is 25.3 Å². The van der Waals surface area contributed by atoms with E-state index in [2.05, 4.69) is 30.8 Å². The number of urea groups is 1. The molecular weight excluding hydrogens is 433 g/mol. The number of benzene rings is 2. The van der Waals surface area contributed by atoms with Crippen molar-refractivity contribution in [1.29, 1.82) is 0 Å². The summed E-state index contributed by atoms with van der Waals surface area (Å²) in [6.45, 7) is 3.51. The Balaban J connectivity index is 1.63. The van der Waals surface area contributed by atoms with Crippen molar-refractivity contribution in [2.24, 2.45) is 5.92 Å². The number of carbonyl (C=O) groups excluding carboxylic acids is 3. The monoisotopic (exact) mass is 455 g/mol. The fourth-order valence-electron chi connectivity index (χ4n) is 2.81. The lowest BCUT2D eigenvalue weighted by molar-refractivity contribution is -0.144. The highest BCUT2D eigenvalue weighted by atomic mass is 19.1. The lowest BCUT2D eigenvalue weighted by Crippen LogP contribution is -2.45. The molecule has 2 aromatic carbocycles. The van der Waals surface area contributed by atoms with Crippen LogP contribution in [0.15, 0.2) is 53.1 Å². The second kappa shape index (κ2) is 10.4. The standard InChI is InChI=1S/C22H22FN5O5/c1-12(2)17(21(30)32-3)26-19(29)20-27-18(28-33-20)13-8-10-14(11-9-13)24-22(31)25-16-7-5-4-6-15(16)23/h4-12,17H,1-3H3,(H,26,29)(H2,24,25,31)/t17-/m0/s1. The Labute approximate surface area is 188 Å². The Morgan fingerprint density at radius 2 is 1.73 bits per heavy atom. The van der Waals surface area contributed by atoms with Crippen LogP contribution < -0.4 is 16.0 Å². The van der Waals surface area contributed by atoms with Gasteiger partial charge in [-0.1, -0.05) is 31.1 Å². The second-order valence-corrected chi connectivity index (χ2v) is 7.28. The first-order valence-corrected chi connectivity index (χ1v) is 9.94. The van der Waals surface area contributed by atoms with Crippen LogP contribution in [-0.2, 0) is 9.53 Å².